The van der Waals surface area contributed by atoms with Crippen molar-refractivity contribution < 1.29 is 9.53 Å². The number of hydrogen-bond acceptors (Lipinski definition) is 2. The summed E-state index contributed by atoms with van der Waals surface area (Å²) in [4.78, 5) is 11.9. The average Bonchev–Trinajstić information content (AvgIpc) is 2.47. The molecule has 0 aliphatic carbocycles. The van der Waals surface area contributed by atoms with Crippen LogP contribution in [0.4, 0.5) is 5.69 Å². The summed E-state index contributed by atoms with van der Waals surface area (Å²) in [7, 11) is 0. The van der Waals surface area contributed by atoms with Gasteiger partial charge >= 0.3 is 0 Å². The van der Waals surface area contributed by atoms with E-state index in [0.717, 1.165) is 20.6 Å². The van der Waals surface area contributed by atoms with E-state index in [-0.39, 0.29) is 12.0 Å². The largest absolute Gasteiger partial charge is 0.491 e. The lowest BCUT2D eigenvalue weighted by Gasteiger charge is -2.09. The maximum atomic E-state index is 11.9. The van der Waals surface area contributed by atoms with E-state index in [1.165, 1.54) is 6.08 Å². The number of ether oxygens (including phenoxy) is 1. The lowest BCUT2D eigenvalue weighted by molar-refractivity contribution is -0.111. The third-order valence-corrected chi connectivity index (χ3v) is 3.49. The Morgan fingerprint density at radius 3 is 2.59 bits per heavy atom. The molecule has 0 aliphatic heterocycles. The summed E-state index contributed by atoms with van der Waals surface area (Å²) in [5.41, 5.74) is 1.71. The Kier molecular flexibility index (Phi) is 6.00. The van der Waals surface area contributed by atoms with Gasteiger partial charge in [0.2, 0.25) is 5.91 Å². The van der Waals surface area contributed by atoms with Crippen LogP contribution in [-0.4, -0.2) is 12.0 Å². The van der Waals surface area contributed by atoms with Gasteiger partial charge in [-0.05, 0) is 84.5 Å². The van der Waals surface area contributed by atoms with E-state index >= 15 is 0 Å². The quantitative estimate of drug-likeness (QED) is 0.575. The first-order chi connectivity index (χ1) is 10.5. The molecule has 0 unspecified atom stereocenters. The topological polar surface area (TPSA) is 38.3 Å². The summed E-state index contributed by atoms with van der Waals surface area (Å²) < 4.78 is 6.77. The van der Waals surface area contributed by atoms with Crippen molar-refractivity contribution in [1.82, 2.24) is 0 Å². The Labute approximate surface area is 144 Å². The van der Waals surface area contributed by atoms with Crippen molar-refractivity contribution in [1.29, 1.82) is 0 Å². The van der Waals surface area contributed by atoms with E-state index in [1.54, 1.807) is 6.08 Å². The van der Waals surface area contributed by atoms with Crippen LogP contribution in [0.1, 0.15) is 19.4 Å². The molecule has 0 saturated heterocycles. The van der Waals surface area contributed by atoms with Gasteiger partial charge < -0.3 is 10.1 Å². The normalized spacial score (nSPS) is 10.9. The molecule has 0 bridgehead atoms. The van der Waals surface area contributed by atoms with E-state index in [9.17, 15) is 4.79 Å². The fourth-order valence-corrected chi connectivity index (χ4v) is 2.21. The zero-order chi connectivity index (χ0) is 15.9. The predicted molar refractivity (Wildman–Crippen MR) is 99.0 cm³/mol. The van der Waals surface area contributed by atoms with Gasteiger partial charge in [-0.25, -0.2) is 0 Å². The molecule has 0 radical (unpaired) electrons. The van der Waals surface area contributed by atoms with E-state index in [0.29, 0.717) is 0 Å². The van der Waals surface area contributed by atoms with Gasteiger partial charge in [0.25, 0.3) is 0 Å². The second-order valence-electron chi connectivity index (χ2n) is 5.07. The van der Waals surface area contributed by atoms with Crippen LogP contribution < -0.4 is 10.1 Å². The maximum Gasteiger partial charge on any atom is 0.248 e. The van der Waals surface area contributed by atoms with Crippen LogP contribution in [-0.2, 0) is 4.79 Å². The fourth-order valence-electron chi connectivity index (χ4n) is 1.85. The molecule has 3 nitrogen and oxygen atoms in total. The Morgan fingerprint density at radius 1 is 1.18 bits per heavy atom. The van der Waals surface area contributed by atoms with E-state index in [1.807, 2.05) is 62.4 Å². The summed E-state index contributed by atoms with van der Waals surface area (Å²) in [6, 6.07) is 15.3. The van der Waals surface area contributed by atoms with Crippen molar-refractivity contribution in [2.45, 2.75) is 20.0 Å². The number of benzene rings is 2. The zero-order valence-electron chi connectivity index (χ0n) is 12.5. The van der Waals surface area contributed by atoms with Crippen molar-refractivity contribution in [3.63, 3.8) is 0 Å². The molecule has 1 N–H and O–H groups in total. The molecule has 0 aromatic heterocycles. The van der Waals surface area contributed by atoms with Crippen LogP contribution in [0.3, 0.4) is 0 Å². The van der Waals surface area contributed by atoms with Gasteiger partial charge in [-0.1, -0.05) is 12.1 Å². The number of anilines is 1. The molecule has 22 heavy (non-hydrogen) atoms. The number of rotatable bonds is 5. The second kappa shape index (κ2) is 7.98. The summed E-state index contributed by atoms with van der Waals surface area (Å²) in [6.07, 6.45) is 3.42. The van der Waals surface area contributed by atoms with Crippen LogP contribution >= 0.6 is 22.6 Å². The van der Waals surface area contributed by atoms with Gasteiger partial charge in [0.05, 0.1) is 6.10 Å². The third-order valence-electron chi connectivity index (χ3n) is 2.77. The minimum absolute atomic E-state index is 0.128. The van der Waals surface area contributed by atoms with Crippen LogP contribution in [0, 0.1) is 3.57 Å². The molecule has 2 rings (SSSR count). The highest BCUT2D eigenvalue weighted by Crippen LogP contribution is 2.16. The van der Waals surface area contributed by atoms with Gasteiger partial charge in [-0.2, -0.15) is 0 Å². The maximum absolute atomic E-state index is 11.9. The monoisotopic (exact) mass is 407 g/mol. The number of amides is 1. The summed E-state index contributed by atoms with van der Waals surface area (Å²) >= 11 is 2.23. The smallest absolute Gasteiger partial charge is 0.248 e. The molecule has 2 aromatic rings. The van der Waals surface area contributed by atoms with Gasteiger partial charge in [0.1, 0.15) is 5.75 Å². The summed E-state index contributed by atoms with van der Waals surface area (Å²) in [5, 5.41) is 2.83. The summed E-state index contributed by atoms with van der Waals surface area (Å²) in [6.45, 7) is 3.97. The van der Waals surface area contributed by atoms with Crippen molar-refractivity contribution in [3.8, 4) is 5.75 Å². The van der Waals surface area contributed by atoms with Gasteiger partial charge in [0.15, 0.2) is 0 Å². The number of carbonyl (C=O) groups is 1. The highest BCUT2D eigenvalue weighted by molar-refractivity contribution is 14.1. The molecule has 1 amide bonds. The van der Waals surface area contributed by atoms with Crippen molar-refractivity contribution >= 4 is 40.3 Å². The molecule has 0 heterocycles. The van der Waals surface area contributed by atoms with Crippen LogP contribution in [0.15, 0.2) is 54.6 Å². The molecule has 4 heteroatoms. The van der Waals surface area contributed by atoms with Crippen molar-refractivity contribution in [2.24, 2.45) is 0 Å². The van der Waals surface area contributed by atoms with Gasteiger partial charge in [-0.15, -0.1) is 0 Å². The predicted octanol–water partition coefficient (Wildman–Crippen LogP) is 4.73. The zero-order valence-corrected chi connectivity index (χ0v) is 14.7. The minimum atomic E-state index is -0.156. The highest BCUT2D eigenvalue weighted by Gasteiger charge is 2.00. The molecular formula is C18H18INO2. The van der Waals surface area contributed by atoms with Crippen LogP contribution in [0.25, 0.3) is 6.08 Å². The first-order valence-corrected chi connectivity index (χ1v) is 8.12. The van der Waals surface area contributed by atoms with E-state index < -0.39 is 0 Å². The Balaban J connectivity index is 1.98. The van der Waals surface area contributed by atoms with E-state index in [4.69, 9.17) is 4.74 Å². The standard InChI is InChI=1S/C18H18INO2/c1-13(2)22-17-5-3-4-14(12-17)6-11-18(21)20-16-9-7-15(19)8-10-16/h3-13H,1-2H3,(H,20,21)/b11-6+. The van der Waals surface area contributed by atoms with Crippen molar-refractivity contribution in [3.05, 3.63) is 63.7 Å². The first kappa shape index (κ1) is 16.5. The molecule has 0 atom stereocenters. The first-order valence-electron chi connectivity index (χ1n) is 7.04. The second-order valence-corrected chi connectivity index (χ2v) is 6.31. The summed E-state index contributed by atoms with van der Waals surface area (Å²) in [5.74, 6) is 0.645. The van der Waals surface area contributed by atoms with Gasteiger partial charge in [-0.3, -0.25) is 4.79 Å². The molecule has 0 saturated carbocycles. The number of halogens is 1. The average molecular weight is 407 g/mol. The van der Waals surface area contributed by atoms with Gasteiger partial charge in [0, 0.05) is 15.3 Å². The third kappa shape index (κ3) is 5.52. The SMILES string of the molecule is CC(C)Oc1cccc(/C=C/C(=O)Nc2ccc(I)cc2)c1. The molecule has 0 aliphatic rings. The number of carbonyl (C=O) groups excluding carboxylic acids is 1. The van der Waals surface area contributed by atoms with Crippen LogP contribution in [0.5, 0.6) is 5.75 Å². The number of nitrogens with one attached hydrogen (secondary N) is 1. The molecule has 2 aromatic carbocycles. The number of hydrogen-bond donors (Lipinski definition) is 1. The molecule has 114 valence electrons. The molecule has 0 fully saturated rings. The lowest BCUT2D eigenvalue weighted by Crippen LogP contribution is -2.07. The highest BCUT2D eigenvalue weighted by atomic mass is 127. The Bertz CT molecular complexity index is 663. The van der Waals surface area contributed by atoms with Crippen LogP contribution in [0.2, 0.25) is 0 Å². The Morgan fingerprint density at radius 2 is 1.91 bits per heavy atom. The lowest BCUT2D eigenvalue weighted by atomic mass is 10.2. The minimum Gasteiger partial charge on any atom is -0.491 e. The van der Waals surface area contributed by atoms with E-state index in [2.05, 4.69) is 27.9 Å². The Hall–Kier alpha value is -1.82. The molecular weight excluding hydrogens is 389 g/mol. The molecule has 0 spiro atoms. The fraction of sp³-hybridized carbons (Fsp3) is 0.167. The van der Waals surface area contributed by atoms with Crippen molar-refractivity contribution in [2.75, 3.05) is 5.32 Å².